The lowest BCUT2D eigenvalue weighted by atomic mass is 10.1. The number of nitrogens with two attached hydrogens (primary N) is 1. The van der Waals surface area contributed by atoms with Crippen LogP contribution in [0.2, 0.25) is 0 Å². The third-order valence-electron chi connectivity index (χ3n) is 6.70. The van der Waals surface area contributed by atoms with Crippen molar-refractivity contribution in [1.82, 2.24) is 14.1 Å². The summed E-state index contributed by atoms with van der Waals surface area (Å²) < 4.78 is 17.7. The molecule has 2 aromatic carbocycles. The fourth-order valence-electron chi connectivity index (χ4n) is 4.93. The molecule has 4 heterocycles. The Morgan fingerprint density at radius 2 is 1.91 bits per heavy atom. The van der Waals surface area contributed by atoms with E-state index in [9.17, 15) is 9.50 Å². The van der Waals surface area contributed by atoms with Crippen LogP contribution in [0.5, 0.6) is 0 Å². The van der Waals surface area contributed by atoms with Gasteiger partial charge in [0.25, 0.3) is 0 Å². The molecule has 4 aromatic rings. The molecule has 1 fully saturated rings. The van der Waals surface area contributed by atoms with Gasteiger partial charge in [-0.15, -0.1) is 0 Å². The van der Waals surface area contributed by atoms with Gasteiger partial charge in [-0.1, -0.05) is 12.1 Å². The first-order chi connectivity index (χ1) is 15.6. The van der Waals surface area contributed by atoms with Crippen LogP contribution in [0.4, 0.5) is 10.1 Å². The first-order valence-corrected chi connectivity index (χ1v) is 10.9. The van der Waals surface area contributed by atoms with Crippen LogP contribution in [0, 0.1) is 11.7 Å². The highest BCUT2D eigenvalue weighted by molar-refractivity contribution is 5.72. The number of anilines is 1. The van der Waals surface area contributed by atoms with Crippen molar-refractivity contribution < 1.29 is 9.50 Å². The SMILES string of the molecule is N[C@H]1CN(c2ccc3c(c2)Cn2cc(-c4ccc(F)cc4)cc2-c2nccn2-3)C[C@@H]1CO. The van der Waals surface area contributed by atoms with Crippen molar-refractivity contribution in [1.29, 1.82) is 0 Å². The predicted octanol–water partition coefficient (Wildman–Crippen LogP) is 3.26. The van der Waals surface area contributed by atoms with Gasteiger partial charge in [-0.2, -0.15) is 0 Å². The molecule has 162 valence electrons. The molecule has 3 N–H and O–H groups in total. The number of aliphatic hydroxyl groups excluding tert-OH is 1. The molecule has 1 saturated heterocycles. The zero-order chi connectivity index (χ0) is 21.8. The van der Waals surface area contributed by atoms with Gasteiger partial charge in [-0.3, -0.25) is 4.57 Å². The molecule has 0 amide bonds. The summed E-state index contributed by atoms with van der Waals surface area (Å²) >= 11 is 0. The van der Waals surface area contributed by atoms with Crippen LogP contribution in [0.1, 0.15) is 5.56 Å². The van der Waals surface area contributed by atoms with Gasteiger partial charge in [0.2, 0.25) is 0 Å². The molecule has 2 aliphatic rings. The Hall–Kier alpha value is -3.42. The second-order valence-corrected chi connectivity index (χ2v) is 8.69. The van der Waals surface area contributed by atoms with E-state index in [-0.39, 0.29) is 24.4 Å². The van der Waals surface area contributed by atoms with Gasteiger partial charge in [0.15, 0.2) is 5.82 Å². The zero-order valence-electron chi connectivity index (χ0n) is 17.5. The monoisotopic (exact) mass is 429 g/mol. The number of fused-ring (bicyclic) bond motifs is 5. The van der Waals surface area contributed by atoms with Crippen LogP contribution in [0.15, 0.2) is 67.1 Å². The molecule has 6 nitrogen and oxygen atoms in total. The highest BCUT2D eigenvalue weighted by Gasteiger charge is 2.30. The Morgan fingerprint density at radius 1 is 1.06 bits per heavy atom. The van der Waals surface area contributed by atoms with E-state index < -0.39 is 0 Å². The highest BCUT2D eigenvalue weighted by atomic mass is 19.1. The van der Waals surface area contributed by atoms with Crippen molar-refractivity contribution in [2.45, 2.75) is 12.6 Å². The molecule has 2 aromatic heterocycles. The highest BCUT2D eigenvalue weighted by Crippen LogP contribution is 2.36. The van der Waals surface area contributed by atoms with E-state index in [2.05, 4.69) is 49.5 Å². The summed E-state index contributed by atoms with van der Waals surface area (Å²) in [5, 5.41) is 9.60. The Balaban J connectivity index is 1.42. The molecule has 0 spiro atoms. The van der Waals surface area contributed by atoms with E-state index in [4.69, 9.17) is 5.73 Å². The molecule has 0 saturated carbocycles. The van der Waals surface area contributed by atoms with Gasteiger partial charge in [0.1, 0.15) is 5.82 Å². The van der Waals surface area contributed by atoms with Crippen LogP contribution < -0.4 is 10.6 Å². The minimum atomic E-state index is -0.239. The lowest BCUT2D eigenvalue weighted by molar-refractivity contribution is 0.228. The zero-order valence-corrected chi connectivity index (χ0v) is 17.5. The van der Waals surface area contributed by atoms with Crippen molar-refractivity contribution in [3.63, 3.8) is 0 Å². The number of aromatic nitrogens is 3. The number of hydrogen-bond donors (Lipinski definition) is 2. The second kappa shape index (κ2) is 7.32. The molecule has 2 atom stereocenters. The summed E-state index contributed by atoms with van der Waals surface area (Å²) in [5.74, 6) is 0.744. The van der Waals surface area contributed by atoms with Gasteiger partial charge in [0, 0.05) is 68.0 Å². The quantitative estimate of drug-likeness (QED) is 0.462. The summed E-state index contributed by atoms with van der Waals surface area (Å²) in [5.41, 5.74) is 12.7. The number of halogens is 1. The van der Waals surface area contributed by atoms with E-state index in [0.717, 1.165) is 47.1 Å². The molecular weight excluding hydrogens is 405 g/mol. The predicted molar refractivity (Wildman–Crippen MR) is 122 cm³/mol. The largest absolute Gasteiger partial charge is 0.396 e. The van der Waals surface area contributed by atoms with Crippen LogP contribution in [-0.4, -0.2) is 45.0 Å². The van der Waals surface area contributed by atoms with Crippen LogP contribution >= 0.6 is 0 Å². The van der Waals surface area contributed by atoms with Crippen LogP contribution in [0.25, 0.3) is 28.3 Å². The fraction of sp³-hybridized carbons (Fsp3) is 0.240. The lowest BCUT2D eigenvalue weighted by Crippen LogP contribution is -2.31. The Bertz CT molecular complexity index is 1290. The summed E-state index contributed by atoms with van der Waals surface area (Å²) in [6, 6.07) is 15.2. The fourth-order valence-corrected chi connectivity index (χ4v) is 4.93. The molecule has 2 aliphatic heterocycles. The molecule has 0 aliphatic carbocycles. The maximum atomic E-state index is 13.4. The number of benzene rings is 2. The third-order valence-corrected chi connectivity index (χ3v) is 6.70. The van der Waals surface area contributed by atoms with E-state index in [1.807, 2.05) is 12.4 Å². The average molecular weight is 429 g/mol. The first-order valence-electron chi connectivity index (χ1n) is 10.9. The van der Waals surface area contributed by atoms with Gasteiger partial charge in [0.05, 0.1) is 11.4 Å². The summed E-state index contributed by atoms with van der Waals surface area (Å²) in [7, 11) is 0. The second-order valence-electron chi connectivity index (χ2n) is 8.69. The number of imidazole rings is 1. The molecule has 0 unspecified atom stereocenters. The van der Waals surface area contributed by atoms with E-state index in [0.29, 0.717) is 6.54 Å². The lowest BCUT2D eigenvalue weighted by Gasteiger charge is -2.21. The Kier molecular flexibility index (Phi) is 4.41. The summed E-state index contributed by atoms with van der Waals surface area (Å²) in [6.45, 7) is 2.31. The van der Waals surface area contributed by atoms with Crippen molar-refractivity contribution in [2.75, 3.05) is 24.6 Å². The van der Waals surface area contributed by atoms with E-state index in [1.165, 1.54) is 17.7 Å². The summed E-state index contributed by atoms with van der Waals surface area (Å²) in [4.78, 5) is 6.89. The Labute approximate surface area is 185 Å². The number of rotatable bonds is 3. The maximum Gasteiger partial charge on any atom is 0.161 e. The normalized spacial score (nSPS) is 19.4. The van der Waals surface area contributed by atoms with Crippen molar-refractivity contribution in [3.05, 3.63) is 78.5 Å². The average Bonchev–Trinajstić information content (AvgIpc) is 3.51. The molecule has 6 rings (SSSR count). The first kappa shape index (κ1) is 19.3. The van der Waals surface area contributed by atoms with Gasteiger partial charge in [-0.05, 0) is 47.5 Å². The van der Waals surface area contributed by atoms with Gasteiger partial charge in [-0.25, -0.2) is 9.37 Å². The maximum absolute atomic E-state index is 13.4. The summed E-state index contributed by atoms with van der Waals surface area (Å²) in [6.07, 6.45) is 5.91. The van der Waals surface area contributed by atoms with Crippen LogP contribution in [0.3, 0.4) is 0 Å². The molecule has 32 heavy (non-hydrogen) atoms. The van der Waals surface area contributed by atoms with Gasteiger partial charge >= 0.3 is 0 Å². The molecule has 7 heteroatoms. The minimum Gasteiger partial charge on any atom is -0.396 e. The van der Waals surface area contributed by atoms with Gasteiger partial charge < -0.3 is 20.3 Å². The van der Waals surface area contributed by atoms with E-state index in [1.54, 1.807) is 12.1 Å². The standard InChI is InChI=1S/C25H24FN5O/c26-20-3-1-16(2-4-20)17-10-24-25-28-7-8-31(25)23-6-5-21(9-18(23)12-30(24)11-17)29-13-19(15-32)22(27)14-29/h1-11,19,22,32H,12-15,27H2/t19-,22+/m1/s1. The minimum absolute atomic E-state index is 0.0200. The van der Waals surface area contributed by atoms with Crippen molar-refractivity contribution in [3.8, 4) is 28.3 Å². The Morgan fingerprint density at radius 3 is 2.69 bits per heavy atom. The third kappa shape index (κ3) is 3.04. The topological polar surface area (TPSA) is 72.2 Å². The smallest absolute Gasteiger partial charge is 0.161 e. The molecule has 0 bridgehead atoms. The number of nitrogens with zero attached hydrogens (tertiary/aromatic N) is 4. The van der Waals surface area contributed by atoms with Crippen LogP contribution in [-0.2, 0) is 6.54 Å². The molecule has 0 radical (unpaired) electrons. The number of hydrogen-bond acceptors (Lipinski definition) is 4. The molecular formula is C25H24FN5O. The van der Waals surface area contributed by atoms with Crippen molar-refractivity contribution in [2.24, 2.45) is 11.7 Å². The van der Waals surface area contributed by atoms with Crippen molar-refractivity contribution >= 4 is 5.69 Å². The number of aliphatic hydroxyl groups is 1. The van der Waals surface area contributed by atoms with E-state index >= 15 is 0 Å².